The number of aliphatic carboxylic acids is 2. The van der Waals surface area contributed by atoms with Gasteiger partial charge in [0.15, 0.2) is 0 Å². The molecule has 0 amide bonds. The lowest BCUT2D eigenvalue weighted by Crippen LogP contribution is -2.32. The molecule has 0 aliphatic rings. The lowest BCUT2D eigenvalue weighted by atomic mass is 10.3. The molecule has 0 radical (unpaired) electrons. The van der Waals surface area contributed by atoms with Crippen molar-refractivity contribution >= 4 is 11.9 Å². The molecule has 0 saturated heterocycles. The second kappa shape index (κ2) is 10.3. The highest BCUT2D eigenvalue weighted by Crippen LogP contribution is 1.99. The summed E-state index contributed by atoms with van der Waals surface area (Å²) in [7, 11) is 3.47. The first-order valence-corrected chi connectivity index (χ1v) is 6.69. The molecule has 122 valence electrons. The molecule has 2 N–H and O–H groups in total. The van der Waals surface area contributed by atoms with E-state index in [-0.39, 0.29) is 6.04 Å². The van der Waals surface area contributed by atoms with Crippen LogP contribution in [0.15, 0.2) is 37.2 Å². The van der Waals surface area contributed by atoms with Gasteiger partial charge in [-0.3, -0.25) is 9.69 Å². The molecule has 0 bridgehead atoms. The van der Waals surface area contributed by atoms with Crippen LogP contribution in [-0.4, -0.2) is 56.7 Å². The van der Waals surface area contributed by atoms with Crippen LogP contribution in [0.25, 0.3) is 0 Å². The Hall–Kier alpha value is -2.41. The van der Waals surface area contributed by atoms with E-state index in [1.807, 2.05) is 10.8 Å². The lowest BCUT2D eigenvalue weighted by Gasteiger charge is -2.13. The molecule has 0 spiro atoms. The molecule has 7 heteroatoms. The number of carboxylic acids is 2. The fraction of sp³-hybridized carbons (Fsp3) is 0.400. The number of rotatable bonds is 7. The minimum absolute atomic E-state index is 0.380. The largest absolute Gasteiger partial charge is 0.480 e. The van der Waals surface area contributed by atoms with Crippen LogP contribution < -0.4 is 0 Å². The SMILES string of the molecule is C=CCc1nccn1CC=CC(=O)O.CC(C(=O)O)N(C)C. The average molecular weight is 309 g/mol. The van der Waals surface area contributed by atoms with Crippen molar-refractivity contribution in [3.05, 3.63) is 43.0 Å². The third-order valence-electron chi connectivity index (χ3n) is 2.82. The van der Waals surface area contributed by atoms with Gasteiger partial charge in [-0.15, -0.1) is 6.58 Å². The highest BCUT2D eigenvalue weighted by atomic mass is 16.4. The number of aromatic nitrogens is 2. The van der Waals surface area contributed by atoms with Gasteiger partial charge < -0.3 is 14.8 Å². The maximum atomic E-state index is 10.2. The van der Waals surface area contributed by atoms with Gasteiger partial charge in [-0.05, 0) is 21.0 Å². The van der Waals surface area contributed by atoms with Gasteiger partial charge in [-0.1, -0.05) is 12.2 Å². The van der Waals surface area contributed by atoms with Crippen LogP contribution in [0.5, 0.6) is 0 Å². The average Bonchev–Trinajstić information content (AvgIpc) is 2.86. The summed E-state index contributed by atoms with van der Waals surface area (Å²) in [4.78, 5) is 26.1. The number of carbonyl (C=O) groups is 2. The normalized spacial score (nSPS) is 11.8. The minimum Gasteiger partial charge on any atom is -0.480 e. The number of hydrogen-bond acceptors (Lipinski definition) is 4. The summed E-state index contributed by atoms with van der Waals surface area (Å²) < 4.78 is 1.88. The molecule has 0 aliphatic heterocycles. The zero-order valence-electron chi connectivity index (χ0n) is 13.1. The number of allylic oxidation sites excluding steroid dienone is 2. The third-order valence-corrected chi connectivity index (χ3v) is 2.82. The van der Waals surface area contributed by atoms with Crippen LogP contribution in [-0.2, 0) is 22.6 Å². The Morgan fingerprint density at radius 2 is 2.09 bits per heavy atom. The highest BCUT2D eigenvalue weighted by Gasteiger charge is 2.11. The molecular formula is C15H23N3O4. The van der Waals surface area contributed by atoms with E-state index in [4.69, 9.17) is 10.2 Å². The Bertz CT molecular complexity index is 521. The molecule has 0 aromatic carbocycles. The summed E-state index contributed by atoms with van der Waals surface area (Å²) >= 11 is 0. The van der Waals surface area contributed by atoms with E-state index in [1.165, 1.54) is 0 Å². The van der Waals surface area contributed by atoms with Gasteiger partial charge in [0.25, 0.3) is 0 Å². The van der Waals surface area contributed by atoms with Gasteiger partial charge >= 0.3 is 11.9 Å². The molecular weight excluding hydrogens is 286 g/mol. The van der Waals surface area contributed by atoms with Crippen LogP contribution in [0.2, 0.25) is 0 Å². The fourth-order valence-corrected chi connectivity index (χ4v) is 1.31. The van der Waals surface area contributed by atoms with Crippen LogP contribution in [0, 0.1) is 0 Å². The standard InChI is InChI=1S/C10H12N2O2.C5H11NO2/c1-2-4-9-11-6-8-12(9)7-3-5-10(13)14;1-4(5(7)8)6(2)3/h2-3,5-6,8H,1,4,7H2,(H,13,14);4H,1-3H3,(H,7,8). The maximum absolute atomic E-state index is 10.2. The van der Waals surface area contributed by atoms with Gasteiger partial charge in [-0.25, -0.2) is 9.78 Å². The number of carboxylic acid groups (broad SMARTS) is 2. The summed E-state index contributed by atoms with van der Waals surface area (Å²) in [6.45, 7) is 5.78. The van der Waals surface area contributed by atoms with Gasteiger partial charge in [0, 0.05) is 31.4 Å². The second-order valence-corrected chi connectivity index (χ2v) is 4.71. The van der Waals surface area contributed by atoms with Gasteiger partial charge in [0.05, 0.1) is 0 Å². The van der Waals surface area contributed by atoms with E-state index in [0.29, 0.717) is 13.0 Å². The molecule has 1 unspecified atom stereocenters. The molecule has 1 aromatic rings. The quantitative estimate of drug-likeness (QED) is 0.582. The molecule has 1 atom stereocenters. The van der Waals surface area contributed by atoms with E-state index in [1.54, 1.807) is 44.3 Å². The van der Waals surface area contributed by atoms with E-state index in [9.17, 15) is 9.59 Å². The van der Waals surface area contributed by atoms with Crippen molar-refractivity contribution in [2.45, 2.75) is 25.9 Å². The predicted octanol–water partition coefficient (Wildman–Crippen LogP) is 1.27. The van der Waals surface area contributed by atoms with E-state index < -0.39 is 11.9 Å². The van der Waals surface area contributed by atoms with Gasteiger partial charge in [0.1, 0.15) is 11.9 Å². The first kappa shape index (κ1) is 19.6. The summed E-state index contributed by atoms with van der Waals surface area (Å²) in [6, 6.07) is -0.380. The molecule has 1 heterocycles. The number of hydrogen-bond donors (Lipinski definition) is 2. The van der Waals surface area contributed by atoms with E-state index in [0.717, 1.165) is 11.9 Å². The zero-order chi connectivity index (χ0) is 17.1. The molecule has 0 fully saturated rings. The molecule has 1 aromatic heterocycles. The summed E-state index contributed by atoms with van der Waals surface area (Å²) in [5.74, 6) is -0.833. The monoisotopic (exact) mass is 309 g/mol. The Labute approximate surface area is 130 Å². The fourth-order valence-electron chi connectivity index (χ4n) is 1.31. The summed E-state index contributed by atoms with van der Waals surface area (Å²) in [5.41, 5.74) is 0. The van der Waals surface area contributed by atoms with Crippen molar-refractivity contribution in [1.29, 1.82) is 0 Å². The van der Waals surface area contributed by atoms with Gasteiger partial charge in [-0.2, -0.15) is 0 Å². The van der Waals surface area contributed by atoms with Crippen LogP contribution >= 0.6 is 0 Å². The Balaban J connectivity index is 0.000000472. The Morgan fingerprint density at radius 1 is 1.45 bits per heavy atom. The second-order valence-electron chi connectivity index (χ2n) is 4.71. The van der Waals surface area contributed by atoms with E-state index >= 15 is 0 Å². The van der Waals surface area contributed by atoms with Crippen molar-refractivity contribution in [2.24, 2.45) is 0 Å². The smallest absolute Gasteiger partial charge is 0.328 e. The van der Waals surface area contributed by atoms with Crippen LogP contribution in [0.3, 0.4) is 0 Å². The number of likely N-dealkylation sites (N-methyl/N-ethyl adjacent to an activating group) is 1. The van der Waals surface area contributed by atoms with Crippen molar-refractivity contribution in [1.82, 2.24) is 14.5 Å². The topological polar surface area (TPSA) is 95.7 Å². The number of nitrogens with zero attached hydrogens (tertiary/aromatic N) is 3. The van der Waals surface area contributed by atoms with Crippen LogP contribution in [0.4, 0.5) is 0 Å². The molecule has 22 heavy (non-hydrogen) atoms. The summed E-state index contributed by atoms with van der Waals surface area (Å²) in [6.07, 6.45) is 8.65. The molecule has 0 saturated carbocycles. The molecule has 1 rings (SSSR count). The lowest BCUT2D eigenvalue weighted by molar-refractivity contribution is -0.141. The zero-order valence-corrected chi connectivity index (χ0v) is 13.1. The predicted molar refractivity (Wildman–Crippen MR) is 83.7 cm³/mol. The summed E-state index contributed by atoms with van der Waals surface area (Å²) in [5, 5.41) is 16.7. The Kier molecular flexibility index (Phi) is 9.20. The first-order valence-electron chi connectivity index (χ1n) is 6.69. The molecule has 0 aliphatic carbocycles. The van der Waals surface area contributed by atoms with Crippen LogP contribution in [0.1, 0.15) is 12.7 Å². The maximum Gasteiger partial charge on any atom is 0.328 e. The number of imidazole rings is 1. The first-order chi connectivity index (χ1) is 10.3. The Morgan fingerprint density at radius 3 is 2.50 bits per heavy atom. The highest BCUT2D eigenvalue weighted by molar-refractivity contribution is 5.79. The molecule has 7 nitrogen and oxygen atoms in total. The van der Waals surface area contributed by atoms with E-state index in [2.05, 4.69) is 11.6 Å². The van der Waals surface area contributed by atoms with Crippen molar-refractivity contribution < 1.29 is 19.8 Å². The third kappa shape index (κ3) is 8.01. The van der Waals surface area contributed by atoms with Crippen molar-refractivity contribution in [3.8, 4) is 0 Å². The van der Waals surface area contributed by atoms with Crippen molar-refractivity contribution in [2.75, 3.05) is 14.1 Å². The van der Waals surface area contributed by atoms with Gasteiger partial charge in [0.2, 0.25) is 0 Å². The van der Waals surface area contributed by atoms with Crippen molar-refractivity contribution in [3.63, 3.8) is 0 Å². The minimum atomic E-state index is -0.935.